The summed E-state index contributed by atoms with van der Waals surface area (Å²) in [5.41, 5.74) is 0.299. The minimum atomic E-state index is -0.293. The molecule has 19 heavy (non-hydrogen) atoms. The second-order valence-corrected chi connectivity index (χ2v) is 5.24. The number of carbonyl (C=O) groups excluding carboxylic acids is 2. The lowest BCUT2D eigenvalue weighted by molar-refractivity contribution is -0.135. The number of piperazine rings is 1. The molecule has 0 spiro atoms. The van der Waals surface area contributed by atoms with Gasteiger partial charge in [-0.15, -0.1) is 0 Å². The number of hydrogen-bond acceptors (Lipinski definition) is 5. The van der Waals surface area contributed by atoms with Crippen molar-refractivity contribution in [2.24, 2.45) is 0 Å². The molecule has 2 aliphatic heterocycles. The molecule has 2 aliphatic rings. The minimum Gasteiger partial charge on any atom is -0.339 e. The van der Waals surface area contributed by atoms with Crippen LogP contribution in [0.3, 0.4) is 0 Å². The molecule has 0 saturated carbocycles. The van der Waals surface area contributed by atoms with Gasteiger partial charge in [-0.1, -0.05) is 12.7 Å². The third-order valence-electron chi connectivity index (χ3n) is 2.94. The summed E-state index contributed by atoms with van der Waals surface area (Å²) in [4.78, 5) is 25.8. The third-order valence-corrected chi connectivity index (χ3v) is 3.85. The van der Waals surface area contributed by atoms with Crippen LogP contribution in [0, 0.1) is 5.41 Å². The summed E-state index contributed by atoms with van der Waals surface area (Å²) < 4.78 is 1.34. The molecule has 102 valence electrons. The maximum atomic E-state index is 12.1. The smallest absolute Gasteiger partial charge is 0.267 e. The van der Waals surface area contributed by atoms with Gasteiger partial charge in [0.15, 0.2) is 0 Å². The summed E-state index contributed by atoms with van der Waals surface area (Å²) in [5.74, 6) is -0.367. The van der Waals surface area contributed by atoms with Gasteiger partial charge >= 0.3 is 0 Å². The largest absolute Gasteiger partial charge is 0.339 e. The van der Waals surface area contributed by atoms with Gasteiger partial charge in [-0.2, -0.15) is 0 Å². The second-order valence-electron chi connectivity index (χ2n) is 4.21. The van der Waals surface area contributed by atoms with Gasteiger partial charge in [0.25, 0.3) is 5.91 Å². The van der Waals surface area contributed by atoms with E-state index in [1.807, 2.05) is 0 Å². The fraction of sp³-hybridized carbons (Fsp3) is 0.417. The Balaban J connectivity index is 1.98. The number of rotatable bonds is 3. The van der Waals surface area contributed by atoms with E-state index >= 15 is 0 Å². The van der Waals surface area contributed by atoms with Crippen LogP contribution in [0.25, 0.3) is 0 Å². The molecule has 2 saturated heterocycles. The number of carbonyl (C=O) groups is 2. The third kappa shape index (κ3) is 3.05. The van der Waals surface area contributed by atoms with Crippen molar-refractivity contribution in [3.05, 3.63) is 24.3 Å². The fourth-order valence-corrected chi connectivity index (χ4v) is 2.77. The van der Waals surface area contributed by atoms with Crippen LogP contribution < -0.4 is 5.32 Å². The van der Waals surface area contributed by atoms with Crippen molar-refractivity contribution < 1.29 is 9.59 Å². The first-order valence-corrected chi connectivity index (χ1v) is 6.81. The predicted molar refractivity (Wildman–Crippen MR) is 74.8 cm³/mol. The summed E-state index contributed by atoms with van der Waals surface area (Å²) in [7, 11) is 0. The molecule has 0 atom stereocenters. The van der Waals surface area contributed by atoms with Gasteiger partial charge in [0.1, 0.15) is 11.6 Å². The Hall–Kier alpha value is -1.60. The van der Waals surface area contributed by atoms with Crippen LogP contribution >= 0.6 is 11.9 Å². The molecule has 7 heteroatoms. The Morgan fingerprint density at radius 3 is 2.79 bits per heavy atom. The van der Waals surface area contributed by atoms with Crippen LogP contribution in [-0.4, -0.2) is 58.8 Å². The summed E-state index contributed by atoms with van der Waals surface area (Å²) >= 11 is 1.00. The van der Waals surface area contributed by atoms with E-state index in [0.29, 0.717) is 18.7 Å². The molecular formula is C12H16N4O2S. The van der Waals surface area contributed by atoms with E-state index in [1.54, 1.807) is 4.90 Å². The van der Waals surface area contributed by atoms with Gasteiger partial charge in [0.05, 0.1) is 5.57 Å². The Morgan fingerprint density at radius 1 is 1.47 bits per heavy atom. The van der Waals surface area contributed by atoms with Crippen molar-refractivity contribution in [3.63, 3.8) is 0 Å². The van der Waals surface area contributed by atoms with E-state index in [2.05, 4.69) is 11.9 Å². The van der Waals surface area contributed by atoms with E-state index in [4.69, 9.17) is 5.41 Å². The Bertz CT molecular complexity index is 455. The molecule has 2 amide bonds. The van der Waals surface area contributed by atoms with Crippen LogP contribution in [0.2, 0.25) is 0 Å². The molecule has 0 bridgehead atoms. The van der Waals surface area contributed by atoms with E-state index in [0.717, 1.165) is 25.0 Å². The highest BCUT2D eigenvalue weighted by Gasteiger charge is 2.34. The standard InChI is InChI=1S/C12H16N4O2S/c1-2-3-9-11(13)19-16(12(9)18)8-10(17)15-6-4-14-5-7-15/h2-3,13-14H,1,4-8H2/b9-3+,13-11?. The molecule has 0 aromatic heterocycles. The highest BCUT2D eigenvalue weighted by molar-refractivity contribution is 8.13. The lowest BCUT2D eigenvalue weighted by Crippen LogP contribution is -2.49. The molecule has 0 radical (unpaired) electrons. The van der Waals surface area contributed by atoms with Crippen LogP contribution in [0.1, 0.15) is 0 Å². The van der Waals surface area contributed by atoms with Gasteiger partial charge in [-0.3, -0.25) is 19.3 Å². The molecular weight excluding hydrogens is 264 g/mol. The highest BCUT2D eigenvalue weighted by Crippen LogP contribution is 2.28. The average Bonchev–Trinajstić information content (AvgIpc) is 2.68. The topological polar surface area (TPSA) is 76.5 Å². The normalized spacial score (nSPS) is 22.2. The van der Waals surface area contributed by atoms with Crippen LogP contribution in [0.5, 0.6) is 0 Å². The first kappa shape index (κ1) is 13.8. The number of amides is 2. The second kappa shape index (κ2) is 6.03. The molecule has 0 aliphatic carbocycles. The zero-order chi connectivity index (χ0) is 13.8. The number of hydrogen-bond donors (Lipinski definition) is 2. The van der Waals surface area contributed by atoms with Crippen molar-refractivity contribution in [2.45, 2.75) is 0 Å². The molecule has 0 aromatic carbocycles. The van der Waals surface area contributed by atoms with Gasteiger partial charge < -0.3 is 10.2 Å². The number of nitrogens with one attached hydrogen (secondary N) is 2. The predicted octanol–water partition coefficient (Wildman–Crippen LogP) is -0.00173. The SMILES string of the molecule is C=C/C=C1\C(=N)SN(CC(=O)N2CCNCC2)C1=O. The molecule has 2 fully saturated rings. The first-order chi connectivity index (χ1) is 9.13. The van der Waals surface area contributed by atoms with Crippen LogP contribution in [0.4, 0.5) is 0 Å². The molecule has 0 unspecified atom stereocenters. The van der Waals surface area contributed by atoms with E-state index < -0.39 is 0 Å². The fourth-order valence-electron chi connectivity index (χ4n) is 1.94. The van der Waals surface area contributed by atoms with Crippen molar-refractivity contribution in [3.8, 4) is 0 Å². The van der Waals surface area contributed by atoms with Crippen molar-refractivity contribution in [2.75, 3.05) is 32.7 Å². The molecule has 2 heterocycles. The summed E-state index contributed by atoms with van der Waals surface area (Å²) in [6.07, 6.45) is 2.98. The molecule has 2 rings (SSSR count). The van der Waals surface area contributed by atoms with Gasteiger partial charge in [-0.05, 0) is 6.08 Å². The highest BCUT2D eigenvalue weighted by atomic mass is 32.2. The van der Waals surface area contributed by atoms with E-state index in [1.165, 1.54) is 16.5 Å². The quantitative estimate of drug-likeness (QED) is 0.563. The van der Waals surface area contributed by atoms with E-state index in [-0.39, 0.29) is 23.4 Å². The van der Waals surface area contributed by atoms with Crippen molar-refractivity contribution in [1.82, 2.24) is 14.5 Å². The minimum absolute atomic E-state index is 0.0142. The van der Waals surface area contributed by atoms with Crippen LogP contribution in [-0.2, 0) is 9.59 Å². The zero-order valence-corrected chi connectivity index (χ0v) is 11.3. The maximum Gasteiger partial charge on any atom is 0.267 e. The molecule has 6 nitrogen and oxygen atoms in total. The van der Waals surface area contributed by atoms with Crippen LogP contribution in [0.15, 0.2) is 24.3 Å². The molecule has 2 N–H and O–H groups in total. The van der Waals surface area contributed by atoms with Crippen molar-refractivity contribution in [1.29, 1.82) is 5.41 Å². The van der Waals surface area contributed by atoms with Gasteiger partial charge in [0.2, 0.25) is 5.91 Å². The number of nitrogens with zero attached hydrogens (tertiary/aromatic N) is 2. The van der Waals surface area contributed by atoms with Crippen molar-refractivity contribution >= 4 is 28.8 Å². The summed E-state index contributed by atoms with van der Waals surface area (Å²) in [6.45, 7) is 6.43. The van der Waals surface area contributed by atoms with E-state index in [9.17, 15) is 9.59 Å². The summed E-state index contributed by atoms with van der Waals surface area (Å²) in [5, 5.41) is 11.0. The Morgan fingerprint density at radius 2 is 2.16 bits per heavy atom. The zero-order valence-electron chi connectivity index (χ0n) is 10.5. The maximum absolute atomic E-state index is 12.1. The summed E-state index contributed by atoms with van der Waals surface area (Å²) in [6, 6.07) is 0. The van der Waals surface area contributed by atoms with Gasteiger partial charge in [-0.25, -0.2) is 0 Å². The Labute approximate surface area is 116 Å². The monoisotopic (exact) mass is 280 g/mol. The lowest BCUT2D eigenvalue weighted by atomic mass is 10.2. The first-order valence-electron chi connectivity index (χ1n) is 6.03. The number of allylic oxidation sites excluding steroid dienone is 2. The van der Waals surface area contributed by atoms with Gasteiger partial charge in [0, 0.05) is 38.1 Å². The average molecular weight is 280 g/mol. The lowest BCUT2D eigenvalue weighted by Gasteiger charge is -2.28. The Kier molecular flexibility index (Phi) is 4.39. The molecule has 0 aromatic rings.